The highest BCUT2D eigenvalue weighted by atomic mass is 16.5. The van der Waals surface area contributed by atoms with Gasteiger partial charge in [-0.15, -0.1) is 0 Å². The van der Waals surface area contributed by atoms with E-state index in [1.54, 1.807) is 7.11 Å². The van der Waals surface area contributed by atoms with E-state index in [4.69, 9.17) is 9.47 Å². The first-order valence-corrected chi connectivity index (χ1v) is 4.77. The SMILES string of the molecule is CN[C@@H]1COCc2cc(OC)ccc21. The van der Waals surface area contributed by atoms with Crippen LogP contribution < -0.4 is 10.1 Å². The highest BCUT2D eigenvalue weighted by Gasteiger charge is 2.19. The lowest BCUT2D eigenvalue weighted by Gasteiger charge is -2.25. The molecular formula is C11H15NO2. The number of likely N-dealkylation sites (N-methyl/N-ethyl adjacent to an activating group) is 1. The van der Waals surface area contributed by atoms with Crippen molar-refractivity contribution in [3.05, 3.63) is 29.3 Å². The molecule has 14 heavy (non-hydrogen) atoms. The molecule has 0 radical (unpaired) electrons. The Morgan fingerprint density at radius 2 is 2.36 bits per heavy atom. The summed E-state index contributed by atoms with van der Waals surface area (Å²) in [7, 11) is 3.63. The first-order chi connectivity index (χ1) is 6.85. The molecule has 1 atom stereocenters. The molecule has 1 aliphatic heterocycles. The van der Waals surface area contributed by atoms with Crippen LogP contribution >= 0.6 is 0 Å². The van der Waals surface area contributed by atoms with Crippen molar-refractivity contribution < 1.29 is 9.47 Å². The van der Waals surface area contributed by atoms with Gasteiger partial charge in [0, 0.05) is 0 Å². The van der Waals surface area contributed by atoms with Gasteiger partial charge in [0.1, 0.15) is 5.75 Å². The Kier molecular flexibility index (Phi) is 2.70. The first-order valence-electron chi connectivity index (χ1n) is 4.77. The minimum Gasteiger partial charge on any atom is -0.497 e. The Hall–Kier alpha value is -1.06. The molecular weight excluding hydrogens is 178 g/mol. The van der Waals surface area contributed by atoms with E-state index in [0.29, 0.717) is 12.6 Å². The predicted octanol–water partition coefficient (Wildman–Crippen LogP) is 1.49. The van der Waals surface area contributed by atoms with E-state index in [2.05, 4.69) is 11.4 Å². The summed E-state index contributed by atoms with van der Waals surface area (Å²) in [6.07, 6.45) is 0. The molecule has 1 N–H and O–H groups in total. The molecule has 3 heteroatoms. The van der Waals surface area contributed by atoms with Crippen LogP contribution in [-0.2, 0) is 11.3 Å². The van der Waals surface area contributed by atoms with Crippen molar-refractivity contribution >= 4 is 0 Å². The molecule has 1 aliphatic rings. The summed E-state index contributed by atoms with van der Waals surface area (Å²) < 4.78 is 10.7. The fraction of sp³-hybridized carbons (Fsp3) is 0.455. The van der Waals surface area contributed by atoms with Gasteiger partial charge in [-0.05, 0) is 30.3 Å². The predicted molar refractivity (Wildman–Crippen MR) is 54.5 cm³/mol. The average molecular weight is 193 g/mol. The van der Waals surface area contributed by atoms with Crippen molar-refractivity contribution in [2.75, 3.05) is 20.8 Å². The second-order valence-corrected chi connectivity index (χ2v) is 3.42. The van der Waals surface area contributed by atoms with Gasteiger partial charge in [-0.3, -0.25) is 0 Å². The number of hydrogen-bond acceptors (Lipinski definition) is 3. The average Bonchev–Trinajstić information content (AvgIpc) is 2.27. The second-order valence-electron chi connectivity index (χ2n) is 3.42. The van der Waals surface area contributed by atoms with Gasteiger partial charge in [-0.2, -0.15) is 0 Å². The van der Waals surface area contributed by atoms with Gasteiger partial charge in [-0.25, -0.2) is 0 Å². The summed E-state index contributed by atoms with van der Waals surface area (Å²) >= 11 is 0. The van der Waals surface area contributed by atoms with Crippen molar-refractivity contribution in [2.45, 2.75) is 12.6 Å². The Morgan fingerprint density at radius 1 is 1.50 bits per heavy atom. The molecule has 1 aromatic rings. The molecule has 0 amide bonds. The molecule has 0 fully saturated rings. The van der Waals surface area contributed by atoms with Gasteiger partial charge in [0.25, 0.3) is 0 Å². The van der Waals surface area contributed by atoms with Gasteiger partial charge < -0.3 is 14.8 Å². The zero-order chi connectivity index (χ0) is 9.97. The third-order valence-corrected chi connectivity index (χ3v) is 2.62. The fourth-order valence-electron chi connectivity index (χ4n) is 1.79. The normalized spacial score (nSPS) is 20.3. The number of rotatable bonds is 2. The standard InChI is InChI=1S/C11H15NO2/c1-12-11-7-14-6-8-5-9(13-2)3-4-10(8)11/h3-5,11-12H,6-7H2,1-2H3/t11-/m1/s1. The maximum absolute atomic E-state index is 5.48. The topological polar surface area (TPSA) is 30.5 Å². The van der Waals surface area contributed by atoms with Crippen LogP contribution in [-0.4, -0.2) is 20.8 Å². The highest BCUT2D eigenvalue weighted by molar-refractivity contribution is 5.38. The third kappa shape index (κ3) is 1.61. The molecule has 0 saturated carbocycles. The maximum Gasteiger partial charge on any atom is 0.119 e. The van der Waals surface area contributed by atoms with Crippen molar-refractivity contribution in [2.24, 2.45) is 0 Å². The molecule has 76 valence electrons. The van der Waals surface area contributed by atoms with Gasteiger partial charge in [0.05, 0.1) is 26.4 Å². The van der Waals surface area contributed by atoms with Crippen LogP contribution in [0, 0.1) is 0 Å². The summed E-state index contributed by atoms with van der Waals surface area (Å²) in [4.78, 5) is 0. The quantitative estimate of drug-likeness (QED) is 0.771. The molecule has 1 aromatic carbocycles. The Morgan fingerprint density at radius 3 is 3.07 bits per heavy atom. The lowest BCUT2D eigenvalue weighted by molar-refractivity contribution is 0.0842. The van der Waals surface area contributed by atoms with Crippen LogP contribution in [0.1, 0.15) is 17.2 Å². The Balaban J connectivity index is 2.35. The lowest BCUT2D eigenvalue weighted by atomic mass is 9.99. The smallest absolute Gasteiger partial charge is 0.119 e. The highest BCUT2D eigenvalue weighted by Crippen LogP contribution is 2.27. The molecule has 0 bridgehead atoms. The van der Waals surface area contributed by atoms with Crippen LogP contribution in [0.25, 0.3) is 0 Å². The monoisotopic (exact) mass is 193 g/mol. The molecule has 0 spiro atoms. The molecule has 1 heterocycles. The van der Waals surface area contributed by atoms with Gasteiger partial charge in [0.2, 0.25) is 0 Å². The van der Waals surface area contributed by atoms with Gasteiger partial charge >= 0.3 is 0 Å². The second kappa shape index (κ2) is 3.98. The Bertz CT molecular complexity index is 325. The van der Waals surface area contributed by atoms with E-state index in [9.17, 15) is 0 Å². The van der Waals surface area contributed by atoms with Gasteiger partial charge in [0.15, 0.2) is 0 Å². The maximum atomic E-state index is 5.48. The summed E-state index contributed by atoms with van der Waals surface area (Å²) in [5, 5.41) is 3.23. The number of fused-ring (bicyclic) bond motifs is 1. The summed E-state index contributed by atoms with van der Waals surface area (Å²) in [6, 6.07) is 6.45. The number of methoxy groups -OCH3 is 1. The van der Waals surface area contributed by atoms with Crippen LogP contribution in [0.5, 0.6) is 5.75 Å². The molecule has 2 rings (SSSR count). The van der Waals surface area contributed by atoms with Crippen molar-refractivity contribution in [1.29, 1.82) is 0 Å². The van der Waals surface area contributed by atoms with E-state index in [-0.39, 0.29) is 0 Å². The molecule has 0 unspecified atom stereocenters. The number of ether oxygens (including phenoxy) is 2. The number of hydrogen-bond donors (Lipinski definition) is 1. The zero-order valence-corrected chi connectivity index (χ0v) is 8.54. The van der Waals surface area contributed by atoms with Crippen LogP contribution in [0.4, 0.5) is 0 Å². The fourth-order valence-corrected chi connectivity index (χ4v) is 1.79. The van der Waals surface area contributed by atoms with Crippen LogP contribution in [0.3, 0.4) is 0 Å². The van der Waals surface area contributed by atoms with Crippen LogP contribution in [0.15, 0.2) is 18.2 Å². The number of nitrogens with one attached hydrogen (secondary N) is 1. The number of benzene rings is 1. The van der Waals surface area contributed by atoms with Crippen molar-refractivity contribution in [1.82, 2.24) is 5.32 Å². The largest absolute Gasteiger partial charge is 0.497 e. The third-order valence-electron chi connectivity index (χ3n) is 2.62. The minimum absolute atomic E-state index is 0.310. The lowest BCUT2D eigenvalue weighted by Crippen LogP contribution is -2.26. The molecule has 0 aromatic heterocycles. The van der Waals surface area contributed by atoms with E-state index in [1.807, 2.05) is 19.2 Å². The van der Waals surface area contributed by atoms with E-state index < -0.39 is 0 Å². The van der Waals surface area contributed by atoms with E-state index >= 15 is 0 Å². The first kappa shape index (κ1) is 9.49. The minimum atomic E-state index is 0.310. The van der Waals surface area contributed by atoms with Crippen LogP contribution in [0.2, 0.25) is 0 Å². The molecule has 0 saturated heterocycles. The Labute approximate surface area is 84.0 Å². The summed E-state index contributed by atoms with van der Waals surface area (Å²) in [5.41, 5.74) is 2.54. The van der Waals surface area contributed by atoms with E-state index in [0.717, 1.165) is 12.4 Å². The van der Waals surface area contributed by atoms with Gasteiger partial charge in [-0.1, -0.05) is 6.07 Å². The van der Waals surface area contributed by atoms with Crippen molar-refractivity contribution in [3.63, 3.8) is 0 Å². The molecule has 3 nitrogen and oxygen atoms in total. The molecule has 0 aliphatic carbocycles. The summed E-state index contributed by atoms with van der Waals surface area (Å²) in [6.45, 7) is 1.43. The van der Waals surface area contributed by atoms with E-state index in [1.165, 1.54) is 11.1 Å². The zero-order valence-electron chi connectivity index (χ0n) is 8.54. The van der Waals surface area contributed by atoms with Crippen molar-refractivity contribution in [3.8, 4) is 5.75 Å². The summed E-state index contributed by atoms with van der Waals surface area (Å²) in [5.74, 6) is 0.893.